The molecule has 0 spiro atoms. The Labute approximate surface area is 125 Å². The number of hydrogen-bond acceptors (Lipinski definition) is 4. The van der Waals surface area contributed by atoms with Crippen LogP contribution in [0.15, 0.2) is 36.9 Å². The third-order valence-corrected chi connectivity index (χ3v) is 3.46. The molecule has 0 aromatic heterocycles. The van der Waals surface area contributed by atoms with E-state index in [1.807, 2.05) is 36.1 Å². The zero-order valence-electron chi connectivity index (χ0n) is 12.5. The Morgan fingerprint density at radius 3 is 2.81 bits per heavy atom. The maximum absolute atomic E-state index is 12.1. The molecule has 5 nitrogen and oxygen atoms in total. The van der Waals surface area contributed by atoms with Crippen LogP contribution in [-0.4, -0.2) is 43.7 Å². The number of rotatable bonds is 7. The molecule has 1 aliphatic heterocycles. The molecule has 1 aromatic carbocycles. The predicted molar refractivity (Wildman–Crippen MR) is 81.1 cm³/mol. The van der Waals surface area contributed by atoms with E-state index in [9.17, 15) is 4.79 Å². The lowest BCUT2D eigenvalue weighted by atomic mass is 10.1. The molecule has 5 heteroatoms. The van der Waals surface area contributed by atoms with Crippen molar-refractivity contribution >= 4 is 5.91 Å². The van der Waals surface area contributed by atoms with Gasteiger partial charge in [0.25, 0.3) is 0 Å². The summed E-state index contributed by atoms with van der Waals surface area (Å²) in [7, 11) is 1.64. The lowest BCUT2D eigenvalue weighted by Gasteiger charge is -2.30. The molecule has 1 aliphatic rings. The van der Waals surface area contributed by atoms with Crippen molar-refractivity contribution in [3.8, 4) is 5.75 Å². The quantitative estimate of drug-likeness (QED) is 0.777. The lowest BCUT2D eigenvalue weighted by Crippen LogP contribution is -2.40. The largest absolute Gasteiger partial charge is 0.490 e. The number of carbonyl (C=O) groups excluding carboxylic acids is 1. The minimum absolute atomic E-state index is 0.0270. The standard InChI is InChI=1S/C16H22N2O3/c1-4-9-21-14-7-5-13(6-8-14)16-17-10-15(19)18(16)12(2)11-20-3/h4-8,12,16-17H,1,9-11H2,2-3H3. The van der Waals surface area contributed by atoms with Crippen LogP contribution in [0, 0.1) is 0 Å². The molecular formula is C16H22N2O3. The van der Waals surface area contributed by atoms with E-state index in [2.05, 4.69) is 11.9 Å². The second-order valence-corrected chi connectivity index (χ2v) is 5.06. The fourth-order valence-corrected chi connectivity index (χ4v) is 2.52. The molecule has 21 heavy (non-hydrogen) atoms. The number of ether oxygens (including phenoxy) is 2. The molecule has 1 N–H and O–H groups in total. The maximum atomic E-state index is 12.1. The molecule has 1 saturated heterocycles. The summed E-state index contributed by atoms with van der Waals surface area (Å²) in [6.45, 7) is 6.97. The maximum Gasteiger partial charge on any atom is 0.238 e. The van der Waals surface area contributed by atoms with Crippen LogP contribution in [0.2, 0.25) is 0 Å². The molecule has 0 bridgehead atoms. The lowest BCUT2D eigenvalue weighted by molar-refractivity contribution is -0.131. The van der Waals surface area contributed by atoms with Gasteiger partial charge in [-0.05, 0) is 24.6 Å². The van der Waals surface area contributed by atoms with Crippen molar-refractivity contribution < 1.29 is 14.3 Å². The van der Waals surface area contributed by atoms with Crippen molar-refractivity contribution in [2.45, 2.75) is 19.1 Å². The molecule has 1 aromatic rings. The van der Waals surface area contributed by atoms with Crippen molar-refractivity contribution in [1.82, 2.24) is 10.2 Å². The van der Waals surface area contributed by atoms with Gasteiger partial charge in [-0.3, -0.25) is 10.1 Å². The monoisotopic (exact) mass is 290 g/mol. The minimum Gasteiger partial charge on any atom is -0.490 e. The predicted octanol–water partition coefficient (Wildman–Crippen LogP) is 1.72. The number of amides is 1. The SMILES string of the molecule is C=CCOc1ccc(C2NCC(=O)N2C(C)COC)cc1. The van der Waals surface area contributed by atoms with E-state index in [1.54, 1.807) is 13.2 Å². The van der Waals surface area contributed by atoms with Gasteiger partial charge in [-0.15, -0.1) is 0 Å². The summed E-state index contributed by atoms with van der Waals surface area (Å²) in [5.74, 6) is 0.885. The molecule has 1 heterocycles. The van der Waals surface area contributed by atoms with Gasteiger partial charge < -0.3 is 14.4 Å². The Kier molecular flexibility index (Phi) is 5.36. The van der Waals surface area contributed by atoms with Crippen LogP contribution < -0.4 is 10.1 Å². The van der Waals surface area contributed by atoms with Crippen LogP contribution in [0.4, 0.5) is 0 Å². The molecule has 2 rings (SSSR count). The van der Waals surface area contributed by atoms with Crippen LogP contribution in [0.5, 0.6) is 5.75 Å². The molecule has 114 valence electrons. The molecule has 0 saturated carbocycles. The first-order valence-electron chi connectivity index (χ1n) is 7.04. The zero-order valence-corrected chi connectivity index (χ0v) is 12.5. The van der Waals surface area contributed by atoms with Crippen molar-refractivity contribution in [1.29, 1.82) is 0 Å². The number of benzene rings is 1. The molecule has 1 amide bonds. The fourth-order valence-electron chi connectivity index (χ4n) is 2.52. The third kappa shape index (κ3) is 3.62. The second-order valence-electron chi connectivity index (χ2n) is 5.06. The number of hydrogen-bond donors (Lipinski definition) is 1. The highest BCUT2D eigenvalue weighted by Gasteiger charge is 2.34. The van der Waals surface area contributed by atoms with Crippen molar-refractivity contribution in [3.63, 3.8) is 0 Å². The third-order valence-electron chi connectivity index (χ3n) is 3.46. The van der Waals surface area contributed by atoms with Crippen molar-refractivity contribution in [2.75, 3.05) is 26.9 Å². The number of carbonyl (C=O) groups is 1. The van der Waals surface area contributed by atoms with E-state index in [0.717, 1.165) is 11.3 Å². The highest BCUT2D eigenvalue weighted by atomic mass is 16.5. The van der Waals surface area contributed by atoms with E-state index in [0.29, 0.717) is 19.8 Å². The fraction of sp³-hybridized carbons (Fsp3) is 0.438. The molecule has 2 unspecified atom stereocenters. The van der Waals surface area contributed by atoms with Crippen LogP contribution in [-0.2, 0) is 9.53 Å². The van der Waals surface area contributed by atoms with Gasteiger partial charge >= 0.3 is 0 Å². The van der Waals surface area contributed by atoms with Crippen molar-refractivity contribution in [3.05, 3.63) is 42.5 Å². The average Bonchev–Trinajstić information content (AvgIpc) is 2.88. The van der Waals surface area contributed by atoms with Gasteiger partial charge in [0, 0.05) is 7.11 Å². The molecular weight excluding hydrogens is 268 g/mol. The highest BCUT2D eigenvalue weighted by molar-refractivity contribution is 5.81. The van der Waals surface area contributed by atoms with E-state index in [-0.39, 0.29) is 18.1 Å². The highest BCUT2D eigenvalue weighted by Crippen LogP contribution is 2.26. The first-order valence-corrected chi connectivity index (χ1v) is 7.04. The van der Waals surface area contributed by atoms with Gasteiger partial charge in [0.1, 0.15) is 18.5 Å². The summed E-state index contributed by atoms with van der Waals surface area (Å²) in [6, 6.07) is 7.78. The zero-order chi connectivity index (χ0) is 15.2. The Morgan fingerprint density at radius 2 is 2.19 bits per heavy atom. The van der Waals surface area contributed by atoms with Gasteiger partial charge in [-0.2, -0.15) is 0 Å². The van der Waals surface area contributed by atoms with Gasteiger partial charge in [0.05, 0.1) is 19.2 Å². The Balaban J connectivity index is 2.11. The molecule has 2 atom stereocenters. The van der Waals surface area contributed by atoms with E-state index in [4.69, 9.17) is 9.47 Å². The second kappa shape index (κ2) is 7.24. The Morgan fingerprint density at radius 1 is 1.48 bits per heavy atom. The number of nitrogens with zero attached hydrogens (tertiary/aromatic N) is 1. The summed E-state index contributed by atoms with van der Waals surface area (Å²) < 4.78 is 10.6. The van der Waals surface area contributed by atoms with Gasteiger partial charge in [0.2, 0.25) is 5.91 Å². The van der Waals surface area contributed by atoms with Gasteiger partial charge in [-0.1, -0.05) is 24.8 Å². The van der Waals surface area contributed by atoms with Crippen LogP contribution in [0.1, 0.15) is 18.7 Å². The average molecular weight is 290 g/mol. The number of methoxy groups -OCH3 is 1. The van der Waals surface area contributed by atoms with Gasteiger partial charge in [-0.25, -0.2) is 0 Å². The summed E-state index contributed by atoms with van der Waals surface area (Å²) >= 11 is 0. The number of nitrogens with one attached hydrogen (secondary N) is 1. The van der Waals surface area contributed by atoms with Gasteiger partial charge in [0.15, 0.2) is 0 Å². The smallest absolute Gasteiger partial charge is 0.238 e. The van der Waals surface area contributed by atoms with E-state index >= 15 is 0 Å². The molecule has 1 fully saturated rings. The van der Waals surface area contributed by atoms with E-state index in [1.165, 1.54) is 0 Å². The summed E-state index contributed by atoms with van der Waals surface area (Å²) in [6.07, 6.45) is 1.59. The topological polar surface area (TPSA) is 50.8 Å². The first-order chi connectivity index (χ1) is 10.2. The summed E-state index contributed by atoms with van der Waals surface area (Å²) in [5, 5.41) is 3.24. The van der Waals surface area contributed by atoms with E-state index < -0.39 is 0 Å². The van der Waals surface area contributed by atoms with Crippen LogP contribution in [0.3, 0.4) is 0 Å². The molecule has 0 aliphatic carbocycles. The van der Waals surface area contributed by atoms with Crippen LogP contribution >= 0.6 is 0 Å². The Hall–Kier alpha value is -1.85. The first kappa shape index (κ1) is 15.5. The molecule has 0 radical (unpaired) electrons. The van der Waals surface area contributed by atoms with Crippen LogP contribution in [0.25, 0.3) is 0 Å². The summed E-state index contributed by atoms with van der Waals surface area (Å²) in [5.41, 5.74) is 1.04. The normalized spacial score (nSPS) is 19.6. The van der Waals surface area contributed by atoms with Crippen molar-refractivity contribution in [2.24, 2.45) is 0 Å². The Bertz CT molecular complexity index is 487. The summed E-state index contributed by atoms with van der Waals surface area (Å²) in [4.78, 5) is 13.9. The minimum atomic E-state index is -0.115.